The smallest absolute Gasteiger partial charge is 0.383 e. The van der Waals surface area contributed by atoms with Gasteiger partial charge in [0.25, 0.3) is 5.91 Å². The minimum absolute atomic E-state index is 0.0493. The number of methoxy groups -OCH3 is 2. The summed E-state index contributed by atoms with van der Waals surface area (Å²) in [5.74, 6) is 0.342. The van der Waals surface area contributed by atoms with Crippen LogP contribution in [0.3, 0.4) is 0 Å². The van der Waals surface area contributed by atoms with Crippen molar-refractivity contribution in [1.29, 1.82) is 0 Å². The number of hydrogen-bond donors (Lipinski definition) is 2. The monoisotopic (exact) mass is 522 g/mol. The molecule has 0 aliphatic rings. The fourth-order valence-electron chi connectivity index (χ4n) is 4.41. The van der Waals surface area contributed by atoms with E-state index < -0.39 is 5.97 Å². The number of amides is 1. The van der Waals surface area contributed by atoms with Crippen LogP contribution >= 0.6 is 0 Å². The van der Waals surface area contributed by atoms with Crippen molar-refractivity contribution in [3.8, 4) is 33.9 Å². The first kappa shape index (κ1) is 28.7. The number of carbonyl (C=O) groups is 2. The van der Waals surface area contributed by atoms with Gasteiger partial charge in [0, 0.05) is 18.5 Å². The van der Waals surface area contributed by atoms with Crippen LogP contribution in [-0.2, 0) is 16.1 Å². The third kappa shape index (κ3) is 6.72. The van der Waals surface area contributed by atoms with Crippen molar-refractivity contribution in [2.45, 2.75) is 40.5 Å². The van der Waals surface area contributed by atoms with Gasteiger partial charge in [-0.25, -0.2) is 4.79 Å². The second-order valence-corrected chi connectivity index (χ2v) is 9.31. The van der Waals surface area contributed by atoms with Crippen LogP contribution in [0, 0.1) is 5.92 Å². The lowest BCUT2D eigenvalue weighted by Crippen LogP contribution is -2.32. The lowest BCUT2D eigenvalue weighted by molar-refractivity contribution is -0.130. The number of H-pyrrole nitrogens is 1. The molecule has 204 valence electrons. The number of rotatable bonds is 12. The van der Waals surface area contributed by atoms with E-state index in [1.165, 1.54) is 0 Å². The van der Waals surface area contributed by atoms with E-state index in [1.54, 1.807) is 14.2 Å². The van der Waals surface area contributed by atoms with Crippen molar-refractivity contribution in [2.75, 3.05) is 33.9 Å². The molecule has 0 aliphatic heterocycles. The zero-order valence-electron chi connectivity index (χ0n) is 23.1. The largest absolute Gasteiger partial charge is 0.496 e. The van der Waals surface area contributed by atoms with Gasteiger partial charge < -0.3 is 19.2 Å². The average Bonchev–Trinajstić information content (AvgIpc) is 3.36. The van der Waals surface area contributed by atoms with Crippen LogP contribution in [0.2, 0.25) is 0 Å². The topological polar surface area (TPSA) is 106 Å². The quantitative estimate of drug-likeness (QED) is 0.327. The fourth-order valence-corrected chi connectivity index (χ4v) is 4.41. The molecule has 1 amide bonds. The molecule has 0 saturated heterocycles. The first-order valence-corrected chi connectivity index (χ1v) is 12.9. The molecule has 0 spiro atoms. The van der Waals surface area contributed by atoms with E-state index in [1.807, 2.05) is 56.3 Å². The summed E-state index contributed by atoms with van der Waals surface area (Å²) in [7, 11) is 3.15. The van der Waals surface area contributed by atoms with Crippen LogP contribution in [0.25, 0.3) is 22.4 Å². The Bertz CT molecular complexity index is 1210. The molecule has 0 atom stereocenters. The van der Waals surface area contributed by atoms with Crippen molar-refractivity contribution in [2.24, 2.45) is 5.92 Å². The normalized spacial score (nSPS) is 11.1. The van der Waals surface area contributed by atoms with Gasteiger partial charge in [-0.15, -0.1) is 0 Å². The number of benzene rings is 2. The summed E-state index contributed by atoms with van der Waals surface area (Å²) >= 11 is 0. The molecule has 9 nitrogen and oxygen atoms in total. The molecule has 9 heteroatoms. The number of hydrogen-bond acceptors (Lipinski definition) is 7. The molecule has 2 N–H and O–H groups in total. The molecule has 38 heavy (non-hydrogen) atoms. The van der Waals surface area contributed by atoms with Gasteiger partial charge in [0.15, 0.2) is 5.69 Å². The Labute approximate surface area is 224 Å². The van der Waals surface area contributed by atoms with E-state index >= 15 is 0 Å². The Balaban J connectivity index is 2.04. The SMILES string of the molecule is CCN(CC)CCC(=O)NOC(=O)c1n[nH]c(-c2c(OC)cccc2OC)c1-c1ccccc1CC(C)C. The van der Waals surface area contributed by atoms with Gasteiger partial charge in [-0.05, 0) is 48.7 Å². The lowest BCUT2D eigenvalue weighted by Gasteiger charge is -2.17. The number of ether oxygens (including phenoxy) is 2. The third-order valence-corrected chi connectivity index (χ3v) is 6.36. The molecule has 3 aromatic rings. The van der Waals surface area contributed by atoms with Gasteiger partial charge in [-0.2, -0.15) is 10.6 Å². The second-order valence-electron chi connectivity index (χ2n) is 9.31. The van der Waals surface area contributed by atoms with Crippen molar-refractivity contribution in [1.82, 2.24) is 20.6 Å². The molecule has 1 aromatic heterocycles. The van der Waals surface area contributed by atoms with Gasteiger partial charge in [0.05, 0.1) is 25.5 Å². The zero-order valence-corrected chi connectivity index (χ0v) is 23.1. The second kappa shape index (κ2) is 13.6. The number of aromatic amines is 1. The van der Waals surface area contributed by atoms with E-state index in [4.69, 9.17) is 14.3 Å². The highest BCUT2D eigenvalue weighted by molar-refractivity contribution is 6.02. The Kier molecular flexibility index (Phi) is 10.3. The Morgan fingerprint density at radius 1 is 0.974 bits per heavy atom. The third-order valence-electron chi connectivity index (χ3n) is 6.36. The summed E-state index contributed by atoms with van der Waals surface area (Å²) in [5, 5.41) is 7.36. The van der Waals surface area contributed by atoms with Crippen LogP contribution in [0.15, 0.2) is 42.5 Å². The summed E-state index contributed by atoms with van der Waals surface area (Å²) in [6.45, 7) is 10.6. The summed E-state index contributed by atoms with van der Waals surface area (Å²) < 4.78 is 11.3. The molecule has 3 rings (SSSR count). The zero-order chi connectivity index (χ0) is 27.7. The van der Waals surface area contributed by atoms with Crippen molar-refractivity contribution < 1.29 is 23.9 Å². The van der Waals surface area contributed by atoms with Crippen molar-refractivity contribution >= 4 is 11.9 Å². The highest BCUT2D eigenvalue weighted by Gasteiger charge is 2.28. The van der Waals surface area contributed by atoms with Crippen molar-refractivity contribution in [3.63, 3.8) is 0 Å². The summed E-state index contributed by atoms with van der Waals surface area (Å²) in [6.07, 6.45) is 1.00. The highest BCUT2D eigenvalue weighted by atomic mass is 16.7. The Hall–Kier alpha value is -3.85. The Morgan fingerprint density at radius 2 is 1.63 bits per heavy atom. The minimum Gasteiger partial charge on any atom is -0.496 e. The molecule has 2 aromatic carbocycles. The first-order chi connectivity index (χ1) is 18.3. The molecule has 0 radical (unpaired) electrons. The number of hydroxylamine groups is 1. The summed E-state index contributed by atoms with van der Waals surface area (Å²) in [4.78, 5) is 33.0. The maximum Gasteiger partial charge on any atom is 0.383 e. The van der Waals surface area contributed by atoms with Crippen LogP contribution in [-0.4, -0.2) is 60.8 Å². The van der Waals surface area contributed by atoms with Gasteiger partial charge in [-0.3, -0.25) is 9.89 Å². The maximum atomic E-state index is 13.3. The predicted molar refractivity (Wildman–Crippen MR) is 147 cm³/mol. The van der Waals surface area contributed by atoms with E-state index in [0.717, 1.165) is 30.6 Å². The van der Waals surface area contributed by atoms with E-state index in [0.29, 0.717) is 40.8 Å². The molecule has 0 unspecified atom stereocenters. The molecular weight excluding hydrogens is 484 g/mol. The van der Waals surface area contributed by atoms with Gasteiger partial charge in [0.2, 0.25) is 0 Å². The van der Waals surface area contributed by atoms with E-state index in [-0.39, 0.29) is 18.0 Å². The van der Waals surface area contributed by atoms with Crippen LogP contribution < -0.4 is 15.0 Å². The van der Waals surface area contributed by atoms with E-state index in [9.17, 15) is 9.59 Å². The molecule has 1 heterocycles. The van der Waals surface area contributed by atoms with Crippen molar-refractivity contribution in [3.05, 3.63) is 53.7 Å². The van der Waals surface area contributed by atoms with E-state index in [2.05, 4.69) is 34.4 Å². The van der Waals surface area contributed by atoms with Crippen LogP contribution in [0.4, 0.5) is 0 Å². The number of carbonyl (C=O) groups excluding carboxylic acids is 2. The molecule has 0 fully saturated rings. The molecule has 0 aliphatic carbocycles. The van der Waals surface area contributed by atoms with Crippen LogP contribution in [0.1, 0.15) is 50.2 Å². The molecular formula is C29H38N4O5. The minimum atomic E-state index is -0.771. The Morgan fingerprint density at radius 3 is 2.24 bits per heavy atom. The summed E-state index contributed by atoms with van der Waals surface area (Å²) in [6, 6.07) is 13.3. The fraction of sp³-hybridized carbons (Fsp3) is 0.414. The molecule has 0 bridgehead atoms. The van der Waals surface area contributed by atoms with Gasteiger partial charge >= 0.3 is 5.97 Å². The maximum absolute atomic E-state index is 13.3. The van der Waals surface area contributed by atoms with Gasteiger partial charge in [-0.1, -0.05) is 58.0 Å². The summed E-state index contributed by atoms with van der Waals surface area (Å²) in [5.41, 5.74) is 5.94. The standard InChI is InChI=1S/C29H38N4O5/c1-7-33(8-2)17-16-24(34)32-38-29(35)28-25(21-13-10-9-12-20(21)18-19(3)4)27(30-31-28)26-22(36-5)14-11-15-23(26)37-6/h9-15,19H,7-8,16-18H2,1-6H3,(H,30,31)(H,32,34). The molecule has 0 saturated carbocycles. The average molecular weight is 523 g/mol. The first-order valence-electron chi connectivity index (χ1n) is 12.9. The predicted octanol–water partition coefficient (Wildman–Crippen LogP) is 4.88. The highest BCUT2D eigenvalue weighted by Crippen LogP contribution is 2.44. The lowest BCUT2D eigenvalue weighted by atomic mass is 9.90. The van der Waals surface area contributed by atoms with Crippen LogP contribution in [0.5, 0.6) is 11.5 Å². The number of nitrogens with one attached hydrogen (secondary N) is 2. The number of nitrogens with zero attached hydrogens (tertiary/aromatic N) is 2. The number of aromatic nitrogens is 2. The van der Waals surface area contributed by atoms with Gasteiger partial charge in [0.1, 0.15) is 11.5 Å².